The number of anilines is 1. The van der Waals surface area contributed by atoms with Crippen LogP contribution in [0.2, 0.25) is 0 Å². The fourth-order valence-corrected chi connectivity index (χ4v) is 2.47. The molecule has 0 aliphatic heterocycles. The van der Waals surface area contributed by atoms with Crippen LogP contribution in [0.1, 0.15) is 32.1 Å². The molecule has 1 fully saturated rings. The average Bonchev–Trinajstić information content (AvgIpc) is 2.88. The Balaban J connectivity index is 1.68. The van der Waals surface area contributed by atoms with E-state index in [-0.39, 0.29) is 0 Å². The second-order valence-corrected chi connectivity index (χ2v) is 4.99. The van der Waals surface area contributed by atoms with Crippen molar-refractivity contribution in [1.82, 2.24) is 9.55 Å². The highest BCUT2D eigenvalue weighted by atomic mass is 16.5. The van der Waals surface area contributed by atoms with Crippen LogP contribution in [0.5, 0.6) is 0 Å². The number of imidazole rings is 1. The predicted molar refractivity (Wildman–Crippen MR) is 75.4 cm³/mol. The van der Waals surface area contributed by atoms with Gasteiger partial charge >= 0.3 is 0 Å². The topological polar surface area (TPSA) is 48.3 Å². The number of methoxy groups -OCH3 is 1. The first-order valence-corrected chi connectivity index (χ1v) is 7.25. The van der Waals surface area contributed by atoms with Crippen LogP contribution < -0.4 is 5.32 Å². The third kappa shape index (κ3) is 4.84. The van der Waals surface area contributed by atoms with Crippen molar-refractivity contribution in [3.63, 3.8) is 0 Å². The number of ether oxygens (including phenoxy) is 2. The Morgan fingerprint density at radius 3 is 2.95 bits per heavy atom. The van der Waals surface area contributed by atoms with Crippen LogP contribution in [-0.2, 0) is 16.0 Å². The van der Waals surface area contributed by atoms with Crippen molar-refractivity contribution in [2.75, 3.05) is 32.2 Å². The minimum Gasteiger partial charge on any atom is -0.383 e. The first kappa shape index (κ1) is 14.3. The number of rotatable bonds is 8. The molecule has 1 saturated carbocycles. The monoisotopic (exact) mass is 267 g/mol. The van der Waals surface area contributed by atoms with Gasteiger partial charge in [-0.05, 0) is 12.8 Å². The molecule has 1 aromatic heterocycles. The van der Waals surface area contributed by atoms with Gasteiger partial charge < -0.3 is 19.4 Å². The van der Waals surface area contributed by atoms with E-state index in [9.17, 15) is 0 Å². The van der Waals surface area contributed by atoms with Gasteiger partial charge in [0.1, 0.15) is 0 Å². The normalized spacial score (nSPS) is 16.7. The lowest BCUT2D eigenvalue weighted by Crippen LogP contribution is -2.20. The molecule has 0 saturated heterocycles. The molecular formula is C14H25N3O2. The molecule has 0 spiro atoms. The van der Waals surface area contributed by atoms with Gasteiger partial charge in [-0.2, -0.15) is 0 Å². The SMILES string of the molecule is COCCNc1nccn1CCOC1CCCCC1. The van der Waals surface area contributed by atoms with Crippen LogP contribution in [-0.4, -0.2) is 42.5 Å². The average molecular weight is 267 g/mol. The molecule has 1 aliphatic carbocycles. The first-order chi connectivity index (χ1) is 9.40. The predicted octanol–water partition coefficient (Wildman–Crippen LogP) is 2.29. The minimum absolute atomic E-state index is 0.474. The Labute approximate surface area is 115 Å². The van der Waals surface area contributed by atoms with Gasteiger partial charge in [-0.3, -0.25) is 0 Å². The molecule has 108 valence electrons. The number of aromatic nitrogens is 2. The molecule has 0 atom stereocenters. The van der Waals surface area contributed by atoms with Gasteiger partial charge in [-0.1, -0.05) is 19.3 Å². The van der Waals surface area contributed by atoms with E-state index in [1.54, 1.807) is 7.11 Å². The molecule has 1 aromatic rings. The largest absolute Gasteiger partial charge is 0.383 e. The molecule has 5 nitrogen and oxygen atoms in total. The summed E-state index contributed by atoms with van der Waals surface area (Å²) in [4.78, 5) is 4.29. The summed E-state index contributed by atoms with van der Waals surface area (Å²) in [6.45, 7) is 3.08. The lowest BCUT2D eigenvalue weighted by molar-refractivity contribution is 0.0242. The van der Waals surface area contributed by atoms with Gasteiger partial charge in [-0.15, -0.1) is 0 Å². The molecule has 0 aromatic carbocycles. The van der Waals surface area contributed by atoms with Crippen LogP contribution in [0.25, 0.3) is 0 Å². The second-order valence-electron chi connectivity index (χ2n) is 4.99. The fourth-order valence-electron chi connectivity index (χ4n) is 2.47. The summed E-state index contributed by atoms with van der Waals surface area (Å²) in [7, 11) is 1.70. The zero-order valence-corrected chi connectivity index (χ0v) is 11.8. The number of nitrogens with zero attached hydrogens (tertiary/aromatic N) is 2. The van der Waals surface area contributed by atoms with Gasteiger partial charge in [0, 0.05) is 32.6 Å². The smallest absolute Gasteiger partial charge is 0.202 e. The van der Waals surface area contributed by atoms with Crippen LogP contribution >= 0.6 is 0 Å². The van der Waals surface area contributed by atoms with Gasteiger partial charge in [0.25, 0.3) is 0 Å². The second kappa shape index (κ2) is 8.17. The third-order valence-electron chi connectivity index (χ3n) is 3.54. The quantitative estimate of drug-likeness (QED) is 0.734. The summed E-state index contributed by atoms with van der Waals surface area (Å²) in [5, 5.41) is 3.25. The van der Waals surface area contributed by atoms with E-state index in [1.165, 1.54) is 32.1 Å². The summed E-state index contributed by atoms with van der Waals surface area (Å²) in [6.07, 6.45) is 10.7. The lowest BCUT2D eigenvalue weighted by Gasteiger charge is -2.22. The Morgan fingerprint density at radius 2 is 2.16 bits per heavy atom. The Kier molecular flexibility index (Phi) is 6.17. The van der Waals surface area contributed by atoms with Crippen molar-refractivity contribution in [1.29, 1.82) is 0 Å². The van der Waals surface area contributed by atoms with Gasteiger partial charge in [-0.25, -0.2) is 4.98 Å². The van der Waals surface area contributed by atoms with Crippen LogP contribution in [0.15, 0.2) is 12.4 Å². The summed E-state index contributed by atoms with van der Waals surface area (Å²) < 4.78 is 13.0. The van der Waals surface area contributed by atoms with E-state index < -0.39 is 0 Å². The van der Waals surface area contributed by atoms with E-state index >= 15 is 0 Å². The van der Waals surface area contributed by atoms with Crippen molar-refractivity contribution in [2.24, 2.45) is 0 Å². The van der Waals surface area contributed by atoms with Gasteiger partial charge in [0.2, 0.25) is 5.95 Å². The van der Waals surface area contributed by atoms with Crippen molar-refractivity contribution >= 4 is 5.95 Å². The van der Waals surface area contributed by atoms with Gasteiger partial charge in [0.15, 0.2) is 0 Å². The number of hydrogen-bond acceptors (Lipinski definition) is 4. The molecule has 1 heterocycles. The van der Waals surface area contributed by atoms with Gasteiger partial charge in [0.05, 0.1) is 19.3 Å². The summed E-state index contributed by atoms with van der Waals surface area (Å²) in [6, 6.07) is 0. The van der Waals surface area contributed by atoms with E-state index in [1.807, 2.05) is 12.4 Å². The molecule has 1 N–H and O–H groups in total. The van der Waals surface area contributed by atoms with Crippen molar-refractivity contribution in [3.05, 3.63) is 12.4 Å². The highest BCUT2D eigenvalue weighted by Crippen LogP contribution is 2.20. The zero-order chi connectivity index (χ0) is 13.3. The fraction of sp³-hybridized carbons (Fsp3) is 0.786. The maximum absolute atomic E-state index is 5.94. The number of nitrogens with one attached hydrogen (secondary N) is 1. The van der Waals surface area contributed by atoms with Crippen molar-refractivity contribution in [2.45, 2.75) is 44.8 Å². The van der Waals surface area contributed by atoms with Crippen molar-refractivity contribution < 1.29 is 9.47 Å². The van der Waals surface area contributed by atoms with E-state index in [4.69, 9.17) is 9.47 Å². The van der Waals surface area contributed by atoms with Crippen LogP contribution in [0, 0.1) is 0 Å². The molecule has 5 heteroatoms. The van der Waals surface area contributed by atoms with Crippen LogP contribution in [0.3, 0.4) is 0 Å². The standard InChI is InChI=1S/C14H25N3O2/c1-18-11-8-16-14-15-7-9-17(14)10-12-19-13-5-3-2-4-6-13/h7,9,13H,2-6,8,10-12H2,1H3,(H,15,16). The molecule has 0 amide bonds. The Bertz CT molecular complexity index is 348. The van der Waals surface area contributed by atoms with E-state index in [2.05, 4.69) is 14.9 Å². The van der Waals surface area contributed by atoms with Crippen molar-refractivity contribution in [3.8, 4) is 0 Å². The van der Waals surface area contributed by atoms with E-state index in [0.717, 1.165) is 25.6 Å². The highest BCUT2D eigenvalue weighted by Gasteiger charge is 2.13. The Hall–Kier alpha value is -1.07. The minimum atomic E-state index is 0.474. The molecular weight excluding hydrogens is 242 g/mol. The molecule has 1 aliphatic rings. The molecule has 0 radical (unpaired) electrons. The molecule has 0 bridgehead atoms. The highest BCUT2D eigenvalue weighted by molar-refractivity contribution is 5.25. The summed E-state index contributed by atoms with van der Waals surface area (Å²) >= 11 is 0. The first-order valence-electron chi connectivity index (χ1n) is 7.25. The summed E-state index contributed by atoms with van der Waals surface area (Å²) in [5.74, 6) is 0.893. The molecule has 19 heavy (non-hydrogen) atoms. The maximum Gasteiger partial charge on any atom is 0.202 e. The Morgan fingerprint density at radius 1 is 1.32 bits per heavy atom. The molecule has 2 rings (SSSR count). The van der Waals surface area contributed by atoms with E-state index in [0.29, 0.717) is 12.7 Å². The zero-order valence-electron chi connectivity index (χ0n) is 11.8. The maximum atomic E-state index is 5.94. The number of hydrogen-bond donors (Lipinski definition) is 1. The third-order valence-corrected chi connectivity index (χ3v) is 3.54. The lowest BCUT2D eigenvalue weighted by atomic mass is 9.98. The molecule has 0 unspecified atom stereocenters. The summed E-state index contributed by atoms with van der Waals surface area (Å²) in [5.41, 5.74) is 0. The van der Waals surface area contributed by atoms with Crippen LogP contribution in [0.4, 0.5) is 5.95 Å².